The Balaban J connectivity index is 2.39. The molecule has 0 saturated heterocycles. The molecule has 0 radical (unpaired) electrons. The van der Waals surface area contributed by atoms with Crippen LogP contribution in [-0.2, 0) is 0 Å². The fourth-order valence-corrected chi connectivity index (χ4v) is 1.63. The molecular formula is C9H12N2. The van der Waals surface area contributed by atoms with Crippen molar-refractivity contribution in [2.75, 3.05) is 6.54 Å². The zero-order valence-corrected chi connectivity index (χ0v) is 6.43. The lowest BCUT2D eigenvalue weighted by Gasteiger charge is -2.16. The van der Waals surface area contributed by atoms with Crippen LogP contribution in [0, 0.1) is 0 Å². The predicted molar refractivity (Wildman–Crippen MR) is 45.9 cm³/mol. The molecule has 0 aromatic carbocycles. The Bertz CT molecular complexity index is 261. The molecule has 2 rings (SSSR count). The van der Waals surface area contributed by atoms with Gasteiger partial charge in [-0.1, -0.05) is 18.7 Å². The lowest BCUT2D eigenvalue weighted by Crippen LogP contribution is -2.29. The smallest absolute Gasteiger partial charge is 0.0636 e. The summed E-state index contributed by atoms with van der Waals surface area (Å²) in [5.41, 5.74) is 9.45. The molecule has 1 aliphatic heterocycles. The standard InChI is InChI=1S/C9H12N2/c1-6-2-3-8(10)9-7(6)4-5-11-9/h2-3,8,11H,1,4-5,10H2. The average Bonchev–Trinajstić information content (AvgIpc) is 2.45. The topological polar surface area (TPSA) is 38.0 Å². The van der Waals surface area contributed by atoms with Crippen LogP contribution in [0.3, 0.4) is 0 Å². The number of rotatable bonds is 0. The van der Waals surface area contributed by atoms with E-state index in [9.17, 15) is 0 Å². The Hall–Kier alpha value is -1.02. The van der Waals surface area contributed by atoms with Gasteiger partial charge in [-0.15, -0.1) is 0 Å². The Morgan fingerprint density at radius 1 is 1.64 bits per heavy atom. The number of nitrogens with two attached hydrogens (primary N) is 1. The lowest BCUT2D eigenvalue weighted by molar-refractivity contribution is 0.796. The number of hydrogen-bond donors (Lipinski definition) is 2. The minimum Gasteiger partial charge on any atom is -0.386 e. The Morgan fingerprint density at radius 2 is 2.45 bits per heavy atom. The van der Waals surface area contributed by atoms with E-state index in [4.69, 9.17) is 5.73 Å². The molecule has 1 heterocycles. The molecule has 0 saturated carbocycles. The molecule has 3 N–H and O–H groups in total. The third-order valence-corrected chi connectivity index (χ3v) is 2.24. The van der Waals surface area contributed by atoms with Gasteiger partial charge >= 0.3 is 0 Å². The zero-order valence-electron chi connectivity index (χ0n) is 6.43. The van der Waals surface area contributed by atoms with E-state index in [0.717, 1.165) is 18.5 Å². The number of allylic oxidation sites excluding steroid dienone is 2. The normalized spacial score (nSPS) is 28.8. The molecule has 1 unspecified atom stereocenters. The van der Waals surface area contributed by atoms with Gasteiger partial charge < -0.3 is 11.1 Å². The van der Waals surface area contributed by atoms with Crippen LogP contribution in [0.1, 0.15) is 6.42 Å². The molecule has 0 spiro atoms. The first-order chi connectivity index (χ1) is 5.29. The first-order valence-corrected chi connectivity index (χ1v) is 3.89. The summed E-state index contributed by atoms with van der Waals surface area (Å²) in [7, 11) is 0. The Morgan fingerprint density at radius 3 is 3.18 bits per heavy atom. The zero-order chi connectivity index (χ0) is 7.84. The molecule has 0 aromatic rings. The van der Waals surface area contributed by atoms with Crippen molar-refractivity contribution in [2.45, 2.75) is 12.5 Å². The molecule has 2 aliphatic rings. The molecular weight excluding hydrogens is 136 g/mol. The fraction of sp³-hybridized carbons (Fsp3) is 0.333. The van der Waals surface area contributed by atoms with Gasteiger partial charge in [0.05, 0.1) is 6.04 Å². The lowest BCUT2D eigenvalue weighted by atomic mass is 9.96. The highest BCUT2D eigenvalue weighted by Crippen LogP contribution is 2.27. The third-order valence-electron chi connectivity index (χ3n) is 2.24. The van der Waals surface area contributed by atoms with Gasteiger partial charge in [0.25, 0.3) is 0 Å². The van der Waals surface area contributed by atoms with Crippen LogP contribution >= 0.6 is 0 Å². The van der Waals surface area contributed by atoms with E-state index in [1.54, 1.807) is 0 Å². The number of hydrogen-bond acceptors (Lipinski definition) is 2. The third kappa shape index (κ3) is 0.906. The van der Waals surface area contributed by atoms with Crippen molar-refractivity contribution in [3.63, 3.8) is 0 Å². The highest BCUT2D eigenvalue weighted by atomic mass is 14.9. The van der Waals surface area contributed by atoms with E-state index in [-0.39, 0.29) is 6.04 Å². The van der Waals surface area contributed by atoms with Crippen molar-refractivity contribution < 1.29 is 0 Å². The first-order valence-electron chi connectivity index (χ1n) is 3.89. The van der Waals surface area contributed by atoms with Crippen LogP contribution in [0.5, 0.6) is 0 Å². The second kappa shape index (κ2) is 2.24. The highest BCUT2D eigenvalue weighted by Gasteiger charge is 2.21. The summed E-state index contributed by atoms with van der Waals surface area (Å²) in [6.45, 7) is 4.96. The second-order valence-electron chi connectivity index (χ2n) is 2.98. The van der Waals surface area contributed by atoms with Gasteiger partial charge in [0.1, 0.15) is 0 Å². The van der Waals surface area contributed by atoms with E-state index in [1.807, 2.05) is 12.2 Å². The molecule has 1 atom stereocenters. The molecule has 0 fully saturated rings. The largest absolute Gasteiger partial charge is 0.386 e. The second-order valence-corrected chi connectivity index (χ2v) is 2.98. The van der Waals surface area contributed by atoms with E-state index < -0.39 is 0 Å². The average molecular weight is 148 g/mol. The minimum atomic E-state index is 0.0676. The SMILES string of the molecule is C=C1C=CC(N)C2=C1CCN2. The van der Waals surface area contributed by atoms with Crippen molar-refractivity contribution >= 4 is 0 Å². The van der Waals surface area contributed by atoms with Crippen LogP contribution in [0.15, 0.2) is 35.6 Å². The predicted octanol–water partition coefficient (Wildman–Crippen LogP) is 0.687. The highest BCUT2D eigenvalue weighted by molar-refractivity contribution is 5.49. The molecule has 0 aromatic heterocycles. The van der Waals surface area contributed by atoms with Crippen LogP contribution in [0.2, 0.25) is 0 Å². The van der Waals surface area contributed by atoms with Gasteiger partial charge in [0.2, 0.25) is 0 Å². The van der Waals surface area contributed by atoms with Gasteiger partial charge in [-0.2, -0.15) is 0 Å². The van der Waals surface area contributed by atoms with Crippen molar-refractivity contribution in [1.82, 2.24) is 5.32 Å². The Labute approximate surface area is 66.5 Å². The maximum atomic E-state index is 5.83. The molecule has 0 bridgehead atoms. The van der Waals surface area contributed by atoms with E-state index in [1.165, 1.54) is 11.3 Å². The molecule has 1 aliphatic carbocycles. The molecule has 58 valence electrons. The summed E-state index contributed by atoms with van der Waals surface area (Å²) in [5.74, 6) is 0. The van der Waals surface area contributed by atoms with E-state index in [2.05, 4.69) is 11.9 Å². The van der Waals surface area contributed by atoms with Gasteiger partial charge in [0, 0.05) is 12.2 Å². The van der Waals surface area contributed by atoms with Crippen LogP contribution in [-0.4, -0.2) is 12.6 Å². The summed E-state index contributed by atoms with van der Waals surface area (Å²) in [6.07, 6.45) is 5.07. The van der Waals surface area contributed by atoms with E-state index >= 15 is 0 Å². The maximum absolute atomic E-state index is 5.83. The summed E-state index contributed by atoms with van der Waals surface area (Å²) in [6, 6.07) is 0.0676. The first kappa shape index (κ1) is 6.68. The molecule has 2 heteroatoms. The molecule has 11 heavy (non-hydrogen) atoms. The quantitative estimate of drug-likeness (QED) is 0.530. The van der Waals surface area contributed by atoms with Gasteiger partial charge in [-0.05, 0) is 17.6 Å². The summed E-state index contributed by atoms with van der Waals surface area (Å²) in [4.78, 5) is 0. The molecule has 0 amide bonds. The molecule has 2 nitrogen and oxygen atoms in total. The van der Waals surface area contributed by atoms with Crippen LogP contribution in [0.4, 0.5) is 0 Å². The van der Waals surface area contributed by atoms with Gasteiger partial charge in [-0.3, -0.25) is 0 Å². The van der Waals surface area contributed by atoms with Crippen molar-refractivity contribution in [2.24, 2.45) is 5.73 Å². The maximum Gasteiger partial charge on any atom is 0.0636 e. The van der Waals surface area contributed by atoms with Crippen LogP contribution < -0.4 is 11.1 Å². The number of nitrogens with one attached hydrogen (secondary N) is 1. The van der Waals surface area contributed by atoms with Gasteiger partial charge in [-0.25, -0.2) is 0 Å². The fourth-order valence-electron chi connectivity index (χ4n) is 1.63. The van der Waals surface area contributed by atoms with Gasteiger partial charge in [0.15, 0.2) is 0 Å². The summed E-state index contributed by atoms with van der Waals surface area (Å²) in [5, 5.41) is 3.28. The van der Waals surface area contributed by atoms with Crippen molar-refractivity contribution in [1.29, 1.82) is 0 Å². The monoisotopic (exact) mass is 148 g/mol. The van der Waals surface area contributed by atoms with Crippen molar-refractivity contribution in [3.05, 3.63) is 35.6 Å². The van der Waals surface area contributed by atoms with E-state index in [0.29, 0.717) is 0 Å². The Kier molecular flexibility index (Phi) is 1.36. The summed E-state index contributed by atoms with van der Waals surface area (Å²) >= 11 is 0. The summed E-state index contributed by atoms with van der Waals surface area (Å²) < 4.78 is 0. The van der Waals surface area contributed by atoms with Crippen molar-refractivity contribution in [3.8, 4) is 0 Å². The van der Waals surface area contributed by atoms with Crippen LogP contribution in [0.25, 0.3) is 0 Å². The minimum absolute atomic E-state index is 0.0676.